The maximum atomic E-state index is 5.51. The number of para-hydroxylation sites is 1. The van der Waals surface area contributed by atoms with Gasteiger partial charge in [0.15, 0.2) is 5.11 Å². The quantitative estimate of drug-likeness (QED) is 0.615. The number of benzene rings is 1. The molecular formula is C15H18N2S. The summed E-state index contributed by atoms with van der Waals surface area (Å²) in [6.07, 6.45) is 7.07. The van der Waals surface area contributed by atoms with E-state index in [9.17, 15) is 0 Å². The molecule has 1 fully saturated rings. The van der Waals surface area contributed by atoms with E-state index in [-0.39, 0.29) is 0 Å². The molecule has 3 heteroatoms. The van der Waals surface area contributed by atoms with E-state index in [0.29, 0.717) is 0 Å². The van der Waals surface area contributed by atoms with Gasteiger partial charge in [-0.2, -0.15) is 0 Å². The molecular weight excluding hydrogens is 240 g/mol. The predicted octanol–water partition coefficient (Wildman–Crippen LogP) is 3.28. The van der Waals surface area contributed by atoms with Gasteiger partial charge in [0.2, 0.25) is 0 Å². The maximum Gasteiger partial charge on any atom is 0.173 e. The van der Waals surface area contributed by atoms with Crippen LogP contribution in [-0.4, -0.2) is 23.1 Å². The number of rotatable bonds is 1. The van der Waals surface area contributed by atoms with Crippen molar-refractivity contribution in [1.82, 2.24) is 4.90 Å². The third-order valence-corrected chi connectivity index (χ3v) is 4.29. The second kappa shape index (κ2) is 5.11. The topological polar surface area (TPSA) is 15.3 Å². The lowest BCUT2D eigenvalue weighted by Crippen LogP contribution is -2.33. The summed E-state index contributed by atoms with van der Waals surface area (Å²) >= 11 is 5.51. The smallest absolute Gasteiger partial charge is 0.173 e. The second-order valence-electron chi connectivity index (χ2n) is 5.16. The van der Waals surface area contributed by atoms with E-state index in [4.69, 9.17) is 12.2 Å². The molecule has 2 unspecified atom stereocenters. The van der Waals surface area contributed by atoms with E-state index in [2.05, 4.69) is 34.5 Å². The fraction of sp³-hybridized carbons (Fsp3) is 0.400. The molecule has 1 N–H and O–H groups in total. The average molecular weight is 258 g/mol. The van der Waals surface area contributed by atoms with E-state index >= 15 is 0 Å². The van der Waals surface area contributed by atoms with Crippen molar-refractivity contribution < 1.29 is 0 Å². The number of hydrogen-bond acceptors (Lipinski definition) is 1. The minimum absolute atomic E-state index is 0.797. The van der Waals surface area contributed by atoms with Crippen LogP contribution in [-0.2, 0) is 0 Å². The number of thiocarbonyl (C=S) groups is 1. The zero-order chi connectivity index (χ0) is 12.4. The van der Waals surface area contributed by atoms with Crippen molar-refractivity contribution in [1.29, 1.82) is 0 Å². The fourth-order valence-corrected chi connectivity index (χ4v) is 3.17. The summed E-state index contributed by atoms with van der Waals surface area (Å²) < 4.78 is 0. The molecule has 2 aliphatic rings. The third-order valence-electron chi connectivity index (χ3n) is 3.93. The van der Waals surface area contributed by atoms with Crippen LogP contribution in [0.15, 0.2) is 42.5 Å². The summed E-state index contributed by atoms with van der Waals surface area (Å²) in [7, 11) is 0. The van der Waals surface area contributed by atoms with Crippen LogP contribution >= 0.6 is 12.2 Å². The highest BCUT2D eigenvalue weighted by molar-refractivity contribution is 7.80. The Balaban J connectivity index is 1.61. The molecule has 18 heavy (non-hydrogen) atoms. The Bertz CT molecular complexity index is 439. The first-order valence-electron chi connectivity index (χ1n) is 6.59. The first kappa shape index (κ1) is 11.7. The highest BCUT2D eigenvalue weighted by atomic mass is 32.1. The van der Waals surface area contributed by atoms with Gasteiger partial charge >= 0.3 is 0 Å². The van der Waals surface area contributed by atoms with E-state index in [1.165, 1.54) is 12.8 Å². The Morgan fingerprint density at radius 2 is 1.67 bits per heavy atom. The van der Waals surface area contributed by atoms with Gasteiger partial charge < -0.3 is 10.2 Å². The SMILES string of the molecule is S=C(Nc1ccccc1)N1CC2CC=CCC2C1. The van der Waals surface area contributed by atoms with Crippen LogP contribution in [0.1, 0.15) is 12.8 Å². The normalized spacial score (nSPS) is 25.9. The molecule has 3 rings (SSSR count). The predicted molar refractivity (Wildman–Crippen MR) is 79.6 cm³/mol. The molecule has 1 aliphatic carbocycles. The molecule has 1 aromatic rings. The van der Waals surface area contributed by atoms with Gasteiger partial charge in [0.1, 0.15) is 0 Å². The molecule has 1 heterocycles. The van der Waals surface area contributed by atoms with Gasteiger partial charge in [-0.3, -0.25) is 0 Å². The molecule has 1 saturated heterocycles. The average Bonchev–Trinajstić information content (AvgIpc) is 2.84. The van der Waals surface area contributed by atoms with Crippen molar-refractivity contribution in [2.75, 3.05) is 18.4 Å². The Kier molecular flexibility index (Phi) is 3.33. The van der Waals surface area contributed by atoms with Crippen molar-refractivity contribution in [3.8, 4) is 0 Å². The van der Waals surface area contributed by atoms with Crippen molar-refractivity contribution in [2.45, 2.75) is 12.8 Å². The standard InChI is InChI=1S/C15H18N2S/c18-15(16-14-8-2-1-3-9-14)17-10-12-6-4-5-7-13(12)11-17/h1-5,8-9,12-13H,6-7,10-11H2,(H,16,18). The van der Waals surface area contributed by atoms with Gasteiger partial charge in [0.05, 0.1) is 0 Å². The Labute approximate surface area is 114 Å². The third kappa shape index (κ3) is 2.41. The molecule has 0 bridgehead atoms. The summed E-state index contributed by atoms with van der Waals surface area (Å²) in [5.41, 5.74) is 1.08. The number of nitrogens with one attached hydrogen (secondary N) is 1. The molecule has 94 valence electrons. The van der Waals surface area contributed by atoms with E-state index in [1.807, 2.05) is 18.2 Å². The Morgan fingerprint density at radius 3 is 2.28 bits per heavy atom. The largest absolute Gasteiger partial charge is 0.348 e. The summed E-state index contributed by atoms with van der Waals surface area (Å²) in [6, 6.07) is 10.2. The number of allylic oxidation sites excluding steroid dienone is 2. The fourth-order valence-electron chi connectivity index (χ4n) is 2.90. The highest BCUT2D eigenvalue weighted by Gasteiger charge is 2.33. The molecule has 0 spiro atoms. The van der Waals surface area contributed by atoms with E-state index in [1.54, 1.807) is 0 Å². The first-order chi connectivity index (χ1) is 8.83. The number of likely N-dealkylation sites (tertiary alicyclic amines) is 1. The van der Waals surface area contributed by atoms with Crippen molar-refractivity contribution >= 4 is 23.0 Å². The van der Waals surface area contributed by atoms with Crippen molar-refractivity contribution in [2.24, 2.45) is 11.8 Å². The molecule has 0 radical (unpaired) electrons. The van der Waals surface area contributed by atoms with Crippen molar-refractivity contribution in [3.05, 3.63) is 42.5 Å². The van der Waals surface area contributed by atoms with Gasteiger partial charge in [-0.15, -0.1) is 0 Å². The van der Waals surface area contributed by atoms with Crippen LogP contribution in [0, 0.1) is 11.8 Å². The lowest BCUT2D eigenvalue weighted by molar-refractivity contribution is 0.411. The zero-order valence-corrected chi connectivity index (χ0v) is 11.2. The van der Waals surface area contributed by atoms with Crippen LogP contribution in [0.25, 0.3) is 0 Å². The van der Waals surface area contributed by atoms with E-state index < -0.39 is 0 Å². The minimum atomic E-state index is 0.797. The van der Waals surface area contributed by atoms with Gasteiger partial charge in [0.25, 0.3) is 0 Å². The molecule has 0 aromatic heterocycles. The maximum absolute atomic E-state index is 5.51. The highest BCUT2D eigenvalue weighted by Crippen LogP contribution is 2.32. The van der Waals surface area contributed by atoms with Gasteiger partial charge in [-0.25, -0.2) is 0 Å². The van der Waals surface area contributed by atoms with E-state index in [0.717, 1.165) is 35.7 Å². The molecule has 1 aliphatic heterocycles. The number of fused-ring (bicyclic) bond motifs is 1. The lowest BCUT2D eigenvalue weighted by atomic mass is 9.86. The number of anilines is 1. The first-order valence-corrected chi connectivity index (χ1v) is 7.00. The zero-order valence-electron chi connectivity index (χ0n) is 10.4. The van der Waals surface area contributed by atoms with Crippen LogP contribution in [0.5, 0.6) is 0 Å². The van der Waals surface area contributed by atoms with Gasteiger partial charge in [0, 0.05) is 18.8 Å². The van der Waals surface area contributed by atoms with Crippen molar-refractivity contribution in [3.63, 3.8) is 0 Å². The second-order valence-corrected chi connectivity index (χ2v) is 5.55. The summed E-state index contributed by atoms with van der Waals surface area (Å²) in [5.74, 6) is 1.59. The minimum Gasteiger partial charge on any atom is -0.348 e. The summed E-state index contributed by atoms with van der Waals surface area (Å²) in [5, 5.41) is 4.20. The van der Waals surface area contributed by atoms with Crippen LogP contribution in [0.3, 0.4) is 0 Å². The van der Waals surface area contributed by atoms with Gasteiger partial charge in [-0.1, -0.05) is 30.4 Å². The molecule has 0 saturated carbocycles. The monoisotopic (exact) mass is 258 g/mol. The van der Waals surface area contributed by atoms with Crippen LogP contribution in [0.4, 0.5) is 5.69 Å². The summed E-state index contributed by atoms with van der Waals surface area (Å²) in [6.45, 7) is 2.21. The Morgan fingerprint density at radius 1 is 1.06 bits per heavy atom. The Hall–Kier alpha value is -1.35. The lowest BCUT2D eigenvalue weighted by Gasteiger charge is -2.20. The number of nitrogens with zero attached hydrogens (tertiary/aromatic N) is 1. The van der Waals surface area contributed by atoms with Crippen LogP contribution in [0.2, 0.25) is 0 Å². The van der Waals surface area contributed by atoms with Crippen LogP contribution < -0.4 is 5.32 Å². The van der Waals surface area contributed by atoms with Gasteiger partial charge in [-0.05, 0) is 49.0 Å². The molecule has 2 nitrogen and oxygen atoms in total. The molecule has 0 amide bonds. The molecule has 2 atom stereocenters. The summed E-state index contributed by atoms with van der Waals surface area (Å²) in [4.78, 5) is 2.32. The molecule has 1 aromatic carbocycles. The number of hydrogen-bond donors (Lipinski definition) is 1.